The van der Waals surface area contributed by atoms with Crippen LogP contribution in [0.5, 0.6) is 0 Å². The first-order valence-electron chi connectivity index (χ1n) is 4.82. The fourth-order valence-electron chi connectivity index (χ4n) is 1.34. The molecule has 1 rings (SSSR count). The molecule has 84 valence electrons. The summed E-state index contributed by atoms with van der Waals surface area (Å²) in [5.74, 6) is 0.850. The molecule has 0 aromatic heterocycles. The molecule has 0 saturated heterocycles. The summed E-state index contributed by atoms with van der Waals surface area (Å²) in [7, 11) is 0. The Labute approximate surface area is 103 Å². The number of halogens is 2. The molecule has 0 saturated carbocycles. The van der Waals surface area contributed by atoms with E-state index < -0.39 is 0 Å². The SMILES string of the molecule is CSCCC(N)Cc1ccc(Br)cc1F. The van der Waals surface area contributed by atoms with Gasteiger partial charge in [-0.3, -0.25) is 0 Å². The van der Waals surface area contributed by atoms with Gasteiger partial charge in [-0.05, 0) is 42.5 Å². The molecule has 1 aromatic carbocycles. The zero-order chi connectivity index (χ0) is 11.3. The van der Waals surface area contributed by atoms with E-state index in [0.717, 1.165) is 16.6 Å². The van der Waals surface area contributed by atoms with Gasteiger partial charge in [0.25, 0.3) is 0 Å². The minimum atomic E-state index is -0.177. The van der Waals surface area contributed by atoms with Crippen molar-refractivity contribution in [2.45, 2.75) is 18.9 Å². The first-order valence-corrected chi connectivity index (χ1v) is 7.00. The van der Waals surface area contributed by atoms with E-state index in [0.29, 0.717) is 12.0 Å². The summed E-state index contributed by atoms with van der Waals surface area (Å²) in [5.41, 5.74) is 6.61. The van der Waals surface area contributed by atoms with E-state index in [1.807, 2.05) is 12.3 Å². The molecule has 4 heteroatoms. The van der Waals surface area contributed by atoms with Crippen LogP contribution in [-0.2, 0) is 6.42 Å². The Morgan fingerprint density at radius 3 is 2.87 bits per heavy atom. The molecule has 0 aliphatic rings. The van der Waals surface area contributed by atoms with Crippen molar-refractivity contribution in [2.75, 3.05) is 12.0 Å². The minimum Gasteiger partial charge on any atom is -0.327 e. The van der Waals surface area contributed by atoms with Crippen molar-refractivity contribution in [2.24, 2.45) is 5.73 Å². The van der Waals surface area contributed by atoms with Crippen molar-refractivity contribution < 1.29 is 4.39 Å². The molecule has 1 aromatic rings. The van der Waals surface area contributed by atoms with Gasteiger partial charge in [0.2, 0.25) is 0 Å². The van der Waals surface area contributed by atoms with Gasteiger partial charge >= 0.3 is 0 Å². The van der Waals surface area contributed by atoms with Crippen molar-refractivity contribution in [1.29, 1.82) is 0 Å². The van der Waals surface area contributed by atoms with Gasteiger partial charge in [0.1, 0.15) is 5.82 Å². The Kier molecular flexibility index (Phi) is 5.64. The summed E-state index contributed by atoms with van der Waals surface area (Å²) in [5, 5.41) is 0. The molecule has 1 unspecified atom stereocenters. The van der Waals surface area contributed by atoms with E-state index in [-0.39, 0.29) is 11.9 Å². The quantitative estimate of drug-likeness (QED) is 0.902. The lowest BCUT2D eigenvalue weighted by Crippen LogP contribution is -2.24. The summed E-state index contributed by atoms with van der Waals surface area (Å²) < 4.78 is 14.2. The highest BCUT2D eigenvalue weighted by Gasteiger charge is 2.08. The van der Waals surface area contributed by atoms with Gasteiger partial charge in [0, 0.05) is 10.5 Å². The molecular weight excluding hydrogens is 277 g/mol. The lowest BCUT2D eigenvalue weighted by molar-refractivity contribution is 0.580. The van der Waals surface area contributed by atoms with E-state index in [4.69, 9.17) is 5.73 Å². The number of hydrogen-bond acceptors (Lipinski definition) is 2. The maximum atomic E-state index is 13.4. The second-order valence-corrected chi connectivity index (χ2v) is 5.38. The first kappa shape index (κ1) is 13.0. The fourth-order valence-corrected chi connectivity index (χ4v) is 2.21. The summed E-state index contributed by atoms with van der Waals surface area (Å²) in [4.78, 5) is 0. The second-order valence-electron chi connectivity index (χ2n) is 3.48. The zero-order valence-electron chi connectivity index (χ0n) is 8.67. The highest BCUT2D eigenvalue weighted by Crippen LogP contribution is 2.17. The van der Waals surface area contributed by atoms with Crippen molar-refractivity contribution in [3.63, 3.8) is 0 Å². The number of thioether (sulfide) groups is 1. The fraction of sp³-hybridized carbons (Fsp3) is 0.455. The van der Waals surface area contributed by atoms with Crippen LogP contribution in [0.1, 0.15) is 12.0 Å². The lowest BCUT2D eigenvalue weighted by Gasteiger charge is -2.11. The van der Waals surface area contributed by atoms with Gasteiger partial charge in [0.05, 0.1) is 0 Å². The van der Waals surface area contributed by atoms with Crippen molar-refractivity contribution in [3.8, 4) is 0 Å². The summed E-state index contributed by atoms with van der Waals surface area (Å²) in [6.45, 7) is 0. The van der Waals surface area contributed by atoms with E-state index in [9.17, 15) is 4.39 Å². The molecule has 1 atom stereocenters. The Morgan fingerprint density at radius 2 is 2.27 bits per heavy atom. The molecule has 0 fully saturated rings. The van der Waals surface area contributed by atoms with Crippen molar-refractivity contribution in [3.05, 3.63) is 34.1 Å². The number of nitrogens with two attached hydrogens (primary N) is 1. The minimum absolute atomic E-state index is 0.0492. The average Bonchev–Trinajstić information content (AvgIpc) is 2.19. The van der Waals surface area contributed by atoms with E-state index in [2.05, 4.69) is 15.9 Å². The standard InChI is InChI=1S/C11H15BrFNS/c1-15-5-4-10(14)6-8-2-3-9(12)7-11(8)13/h2-3,7,10H,4-6,14H2,1H3. The zero-order valence-corrected chi connectivity index (χ0v) is 11.1. The predicted octanol–water partition coefficient (Wildman–Crippen LogP) is 3.21. The third-order valence-electron chi connectivity index (χ3n) is 2.19. The third kappa shape index (κ3) is 4.53. The van der Waals surface area contributed by atoms with Gasteiger partial charge in [-0.2, -0.15) is 11.8 Å². The van der Waals surface area contributed by atoms with Gasteiger partial charge in [0.15, 0.2) is 0 Å². The van der Waals surface area contributed by atoms with Gasteiger partial charge in [-0.15, -0.1) is 0 Å². The van der Waals surface area contributed by atoms with E-state index in [1.165, 1.54) is 6.07 Å². The summed E-state index contributed by atoms with van der Waals surface area (Å²) in [6.07, 6.45) is 3.59. The molecule has 0 radical (unpaired) electrons. The normalized spacial score (nSPS) is 12.8. The smallest absolute Gasteiger partial charge is 0.127 e. The molecule has 0 aliphatic carbocycles. The molecular formula is C11H15BrFNS. The monoisotopic (exact) mass is 291 g/mol. The van der Waals surface area contributed by atoms with Crippen molar-refractivity contribution in [1.82, 2.24) is 0 Å². The number of benzene rings is 1. The Balaban J connectivity index is 2.56. The van der Waals surface area contributed by atoms with Gasteiger partial charge in [-0.1, -0.05) is 22.0 Å². The van der Waals surface area contributed by atoms with E-state index in [1.54, 1.807) is 17.8 Å². The lowest BCUT2D eigenvalue weighted by atomic mass is 10.0. The van der Waals surface area contributed by atoms with Crippen LogP contribution in [0.15, 0.2) is 22.7 Å². The summed E-state index contributed by atoms with van der Waals surface area (Å²) >= 11 is 5.00. The first-order chi connectivity index (χ1) is 7.13. The topological polar surface area (TPSA) is 26.0 Å². The van der Waals surface area contributed by atoms with Crippen LogP contribution in [-0.4, -0.2) is 18.1 Å². The van der Waals surface area contributed by atoms with Gasteiger partial charge in [-0.25, -0.2) is 4.39 Å². The molecule has 15 heavy (non-hydrogen) atoms. The Bertz CT molecular complexity index is 319. The Morgan fingerprint density at radius 1 is 1.53 bits per heavy atom. The molecule has 0 aliphatic heterocycles. The van der Waals surface area contributed by atoms with Crippen molar-refractivity contribution >= 4 is 27.7 Å². The van der Waals surface area contributed by atoms with Crippen LogP contribution in [0.4, 0.5) is 4.39 Å². The van der Waals surface area contributed by atoms with Crippen LogP contribution in [0.25, 0.3) is 0 Å². The highest BCUT2D eigenvalue weighted by atomic mass is 79.9. The average molecular weight is 292 g/mol. The molecule has 0 amide bonds. The molecule has 0 bridgehead atoms. The van der Waals surface area contributed by atoms with Crippen LogP contribution in [0, 0.1) is 5.82 Å². The maximum Gasteiger partial charge on any atom is 0.127 e. The third-order valence-corrected chi connectivity index (χ3v) is 3.33. The highest BCUT2D eigenvalue weighted by molar-refractivity contribution is 9.10. The van der Waals surface area contributed by atoms with Crippen LogP contribution in [0.3, 0.4) is 0 Å². The largest absolute Gasteiger partial charge is 0.327 e. The summed E-state index contributed by atoms with van der Waals surface area (Å²) in [6, 6.07) is 5.17. The Hall–Kier alpha value is -0.0600. The van der Waals surface area contributed by atoms with Crippen LogP contribution >= 0.6 is 27.7 Å². The molecule has 0 heterocycles. The molecule has 1 nitrogen and oxygen atoms in total. The van der Waals surface area contributed by atoms with Crippen LogP contribution < -0.4 is 5.73 Å². The van der Waals surface area contributed by atoms with Gasteiger partial charge < -0.3 is 5.73 Å². The maximum absolute atomic E-state index is 13.4. The molecule has 2 N–H and O–H groups in total. The van der Waals surface area contributed by atoms with Crippen LogP contribution in [0.2, 0.25) is 0 Å². The number of hydrogen-bond donors (Lipinski definition) is 1. The predicted molar refractivity (Wildman–Crippen MR) is 68.8 cm³/mol. The second kappa shape index (κ2) is 6.51. The molecule has 0 spiro atoms. The number of rotatable bonds is 5. The van der Waals surface area contributed by atoms with E-state index >= 15 is 0 Å².